The van der Waals surface area contributed by atoms with Crippen molar-refractivity contribution in [3.05, 3.63) is 47.2 Å². The largest absolute Gasteiger partial charge is 0.392 e. The third-order valence-electron chi connectivity index (χ3n) is 6.57. The number of rotatable bonds is 1. The Morgan fingerprint density at radius 2 is 2.08 bits per heavy atom. The fourth-order valence-corrected chi connectivity index (χ4v) is 5.30. The van der Waals surface area contributed by atoms with Gasteiger partial charge in [0.1, 0.15) is 6.29 Å². The monoisotopic (exact) mass is 350 g/mol. The molecule has 26 heavy (non-hydrogen) atoms. The highest BCUT2D eigenvalue weighted by molar-refractivity contribution is 5.98. The van der Waals surface area contributed by atoms with E-state index in [1.54, 1.807) is 0 Å². The molecule has 0 radical (unpaired) electrons. The van der Waals surface area contributed by atoms with E-state index in [1.165, 1.54) is 5.56 Å². The molecule has 134 valence electrons. The van der Waals surface area contributed by atoms with Crippen LogP contribution >= 0.6 is 0 Å². The third kappa shape index (κ3) is 1.98. The molecular weight excluding hydrogens is 328 g/mol. The lowest BCUT2D eigenvalue weighted by atomic mass is 9.73. The molecule has 1 aromatic heterocycles. The Bertz CT molecular complexity index is 958. The molecule has 2 aliphatic heterocycles. The van der Waals surface area contributed by atoms with Crippen molar-refractivity contribution in [2.75, 3.05) is 13.6 Å². The lowest BCUT2D eigenvalue weighted by Gasteiger charge is -2.36. The Morgan fingerprint density at radius 3 is 2.88 bits per heavy atom. The maximum absolute atomic E-state index is 13.6. The Morgan fingerprint density at radius 1 is 1.27 bits per heavy atom. The molecule has 0 bridgehead atoms. The molecule has 2 aromatic rings. The lowest BCUT2D eigenvalue weighted by molar-refractivity contribution is -0.105. The molecule has 5 nitrogen and oxygen atoms in total. The zero-order chi connectivity index (χ0) is 18.0. The molecule has 1 aromatic carbocycles. The summed E-state index contributed by atoms with van der Waals surface area (Å²) in [5.41, 5.74) is 3.92. The molecule has 0 spiro atoms. The minimum atomic E-state index is -0.738. The smallest absolute Gasteiger partial charge is 0.237 e. The van der Waals surface area contributed by atoms with Crippen LogP contribution in [-0.2, 0) is 11.2 Å². The Hall–Kier alpha value is -2.24. The predicted molar refractivity (Wildman–Crippen MR) is 98.0 cm³/mol. The van der Waals surface area contributed by atoms with Crippen molar-refractivity contribution < 1.29 is 14.7 Å². The van der Waals surface area contributed by atoms with E-state index in [0.29, 0.717) is 18.4 Å². The summed E-state index contributed by atoms with van der Waals surface area (Å²) in [5.74, 6) is -0.842. The summed E-state index contributed by atoms with van der Waals surface area (Å²) in [7, 11) is 2.09. The minimum absolute atomic E-state index is 0.0646. The second-order valence-electron chi connectivity index (χ2n) is 7.79. The van der Waals surface area contributed by atoms with Gasteiger partial charge in [0.15, 0.2) is 0 Å². The van der Waals surface area contributed by atoms with Crippen LogP contribution < -0.4 is 0 Å². The molecule has 1 N–H and O–H groups in total. The normalized spacial score (nSPS) is 31.2. The summed E-state index contributed by atoms with van der Waals surface area (Å²) in [5, 5.41) is 11.8. The van der Waals surface area contributed by atoms with Crippen LogP contribution in [0.1, 0.15) is 34.9 Å². The van der Waals surface area contributed by atoms with E-state index in [0.717, 1.165) is 35.8 Å². The zero-order valence-corrected chi connectivity index (χ0v) is 14.8. The quantitative estimate of drug-likeness (QED) is 0.802. The van der Waals surface area contributed by atoms with Crippen LogP contribution in [-0.4, -0.2) is 46.5 Å². The molecule has 1 aliphatic carbocycles. The number of likely N-dealkylation sites (N-methyl/N-ethyl adjacent to an activating group) is 1. The number of fused-ring (bicyclic) bond motifs is 4. The molecular formula is C21H22N2O3. The number of aldehydes is 1. The predicted octanol–water partition coefficient (Wildman–Crippen LogP) is 2.34. The molecule has 3 aliphatic rings. The van der Waals surface area contributed by atoms with E-state index < -0.39 is 12.0 Å². The number of para-hydroxylation sites is 1. The van der Waals surface area contributed by atoms with E-state index in [2.05, 4.69) is 18.0 Å². The molecule has 5 heteroatoms. The number of aliphatic hydroxyl groups excluding tert-OH is 1. The van der Waals surface area contributed by atoms with Crippen LogP contribution in [0.15, 0.2) is 35.9 Å². The number of carbonyl (C=O) groups is 2. The fraction of sp³-hybridized carbons (Fsp3) is 0.429. The molecule has 0 fully saturated rings. The summed E-state index contributed by atoms with van der Waals surface area (Å²) >= 11 is 0. The van der Waals surface area contributed by atoms with Crippen molar-refractivity contribution in [3.63, 3.8) is 0 Å². The minimum Gasteiger partial charge on any atom is -0.392 e. The molecule has 0 amide bonds. The van der Waals surface area contributed by atoms with Gasteiger partial charge >= 0.3 is 0 Å². The number of hydrogen-bond donors (Lipinski definition) is 1. The van der Waals surface area contributed by atoms with Crippen LogP contribution in [0.25, 0.3) is 10.9 Å². The van der Waals surface area contributed by atoms with Gasteiger partial charge in [-0.15, -0.1) is 0 Å². The Labute approximate surface area is 151 Å². The van der Waals surface area contributed by atoms with Gasteiger partial charge in [0, 0.05) is 23.5 Å². The number of benzene rings is 1. The van der Waals surface area contributed by atoms with E-state index in [4.69, 9.17) is 0 Å². The standard InChI is InChI=1S/C21H22N2O3/c1-22-9-8-14-13-4-2-3-5-16(13)23-20(14)17(22)10-15-12(11-24)6-7-18(25)19(15)21(23)26/h2-6,11,15,17-19,25H,7-10H2,1H3/t15-,17+,18+,19+/m0/s1. The van der Waals surface area contributed by atoms with Gasteiger partial charge in [0.05, 0.1) is 23.6 Å². The summed E-state index contributed by atoms with van der Waals surface area (Å²) < 4.78 is 1.85. The first-order valence-electron chi connectivity index (χ1n) is 9.31. The van der Waals surface area contributed by atoms with Crippen LogP contribution in [0.3, 0.4) is 0 Å². The van der Waals surface area contributed by atoms with Crippen molar-refractivity contribution in [2.45, 2.75) is 31.4 Å². The average Bonchev–Trinajstić information content (AvgIpc) is 2.90. The molecule has 0 saturated heterocycles. The number of allylic oxidation sites excluding steroid dienone is 1. The summed E-state index contributed by atoms with van der Waals surface area (Å²) in [4.78, 5) is 27.5. The molecule has 5 rings (SSSR count). The summed E-state index contributed by atoms with van der Waals surface area (Å²) in [6, 6.07) is 8.14. The highest BCUT2D eigenvalue weighted by atomic mass is 16.3. The third-order valence-corrected chi connectivity index (χ3v) is 6.57. The number of aliphatic hydroxyl groups is 1. The molecule has 3 heterocycles. The van der Waals surface area contributed by atoms with Gasteiger partial charge in [-0.3, -0.25) is 19.1 Å². The SMILES string of the molecule is CN1CCc2c3n(c4ccccc24)C(=O)[C@H]2[C@H](O)CC=C(C=O)[C@@H]2C[C@H]31. The van der Waals surface area contributed by atoms with E-state index in [-0.39, 0.29) is 17.9 Å². The number of aromatic nitrogens is 1. The van der Waals surface area contributed by atoms with Crippen molar-refractivity contribution in [1.82, 2.24) is 9.47 Å². The zero-order valence-electron chi connectivity index (χ0n) is 14.8. The second-order valence-corrected chi connectivity index (χ2v) is 7.79. The van der Waals surface area contributed by atoms with Gasteiger partial charge in [-0.1, -0.05) is 24.3 Å². The summed E-state index contributed by atoms with van der Waals surface area (Å²) in [6.45, 7) is 0.930. The topological polar surface area (TPSA) is 62.5 Å². The van der Waals surface area contributed by atoms with Crippen molar-refractivity contribution in [3.8, 4) is 0 Å². The van der Waals surface area contributed by atoms with Gasteiger partial charge in [-0.25, -0.2) is 0 Å². The van der Waals surface area contributed by atoms with Gasteiger partial charge in [-0.2, -0.15) is 0 Å². The summed E-state index contributed by atoms with van der Waals surface area (Å²) in [6.07, 6.45) is 3.92. The van der Waals surface area contributed by atoms with E-state index in [9.17, 15) is 14.7 Å². The molecule has 0 saturated carbocycles. The fourth-order valence-electron chi connectivity index (χ4n) is 5.30. The first-order chi connectivity index (χ1) is 12.6. The molecule has 4 atom stereocenters. The first kappa shape index (κ1) is 16.0. The van der Waals surface area contributed by atoms with Crippen LogP contribution in [0.4, 0.5) is 0 Å². The van der Waals surface area contributed by atoms with Gasteiger partial charge < -0.3 is 5.11 Å². The van der Waals surface area contributed by atoms with E-state index in [1.807, 2.05) is 28.8 Å². The Kier molecular flexibility index (Phi) is 3.46. The van der Waals surface area contributed by atoms with Crippen molar-refractivity contribution >= 4 is 23.1 Å². The highest BCUT2D eigenvalue weighted by Gasteiger charge is 2.47. The van der Waals surface area contributed by atoms with Crippen LogP contribution in [0.5, 0.6) is 0 Å². The highest BCUT2D eigenvalue weighted by Crippen LogP contribution is 2.47. The lowest BCUT2D eigenvalue weighted by Crippen LogP contribution is -2.40. The maximum atomic E-state index is 13.6. The number of hydrogen-bond acceptors (Lipinski definition) is 4. The van der Waals surface area contributed by atoms with Crippen molar-refractivity contribution in [2.24, 2.45) is 11.8 Å². The molecule has 0 unspecified atom stereocenters. The van der Waals surface area contributed by atoms with Gasteiger partial charge in [0.2, 0.25) is 5.91 Å². The average molecular weight is 350 g/mol. The van der Waals surface area contributed by atoms with E-state index >= 15 is 0 Å². The van der Waals surface area contributed by atoms with Crippen LogP contribution in [0, 0.1) is 11.8 Å². The van der Waals surface area contributed by atoms with Gasteiger partial charge in [0.25, 0.3) is 0 Å². The number of carbonyl (C=O) groups excluding carboxylic acids is 2. The van der Waals surface area contributed by atoms with Crippen LogP contribution in [0.2, 0.25) is 0 Å². The number of nitrogens with zero attached hydrogens (tertiary/aromatic N) is 2. The Balaban J connectivity index is 1.80. The maximum Gasteiger partial charge on any atom is 0.237 e. The first-order valence-corrected chi connectivity index (χ1v) is 9.31. The van der Waals surface area contributed by atoms with Crippen molar-refractivity contribution in [1.29, 1.82) is 0 Å². The van der Waals surface area contributed by atoms with Gasteiger partial charge in [-0.05, 0) is 43.5 Å². The second kappa shape index (κ2) is 5.63.